The highest BCUT2D eigenvalue weighted by Gasteiger charge is 2.54. The molecular formula is C15H15ClN2O4. The second kappa shape index (κ2) is 5.61. The number of nitrogens with zero attached hydrogens (tertiary/aromatic N) is 2. The van der Waals surface area contributed by atoms with Crippen molar-refractivity contribution >= 4 is 35.2 Å². The van der Waals surface area contributed by atoms with E-state index in [0.29, 0.717) is 23.6 Å². The smallest absolute Gasteiger partial charge is 0.332 e. The monoisotopic (exact) mass is 322 g/mol. The molecule has 22 heavy (non-hydrogen) atoms. The predicted octanol–water partition coefficient (Wildman–Crippen LogP) is 2.20. The molecule has 0 aliphatic carbocycles. The molecule has 0 unspecified atom stereocenters. The lowest BCUT2D eigenvalue weighted by Gasteiger charge is -2.21. The summed E-state index contributed by atoms with van der Waals surface area (Å²) in [6, 6.07) is 4.75. The fourth-order valence-corrected chi connectivity index (χ4v) is 3.19. The Hall–Kier alpha value is -2.08. The quantitative estimate of drug-likeness (QED) is 0.632. The average Bonchev–Trinajstić information content (AvgIpc) is 3.01. The van der Waals surface area contributed by atoms with E-state index in [-0.39, 0.29) is 12.5 Å². The molecule has 3 amide bonds. The minimum absolute atomic E-state index is 0.244. The Morgan fingerprint density at radius 1 is 1.36 bits per heavy atom. The first-order valence-corrected chi connectivity index (χ1v) is 7.51. The van der Waals surface area contributed by atoms with Crippen LogP contribution in [-0.4, -0.2) is 41.5 Å². The maximum Gasteiger partial charge on any atom is 0.332 e. The van der Waals surface area contributed by atoms with Crippen molar-refractivity contribution in [2.24, 2.45) is 0 Å². The van der Waals surface area contributed by atoms with Crippen LogP contribution in [0.5, 0.6) is 0 Å². The summed E-state index contributed by atoms with van der Waals surface area (Å²) in [5, 5.41) is 0.437. The van der Waals surface area contributed by atoms with Crippen LogP contribution in [0.1, 0.15) is 19.8 Å². The number of amides is 3. The molecule has 0 saturated carbocycles. The Labute approximate surface area is 132 Å². The van der Waals surface area contributed by atoms with Gasteiger partial charge < -0.3 is 4.74 Å². The molecule has 2 fully saturated rings. The third-order valence-electron chi connectivity index (χ3n) is 3.93. The first kappa shape index (κ1) is 14.8. The largest absolute Gasteiger partial charge is 0.464 e. The number of urea groups is 1. The van der Waals surface area contributed by atoms with E-state index in [1.54, 1.807) is 31.2 Å². The minimum Gasteiger partial charge on any atom is -0.464 e. The molecule has 0 N–H and O–H groups in total. The first-order valence-electron chi connectivity index (χ1n) is 7.13. The molecule has 116 valence electrons. The second-order valence-electron chi connectivity index (χ2n) is 5.20. The maximum atomic E-state index is 12.6. The molecule has 3 rings (SSSR count). The number of carbonyl (C=O) groups excluding carboxylic acids is 3. The van der Waals surface area contributed by atoms with Gasteiger partial charge in [0.25, 0.3) is 5.91 Å². The molecule has 0 bridgehead atoms. The van der Waals surface area contributed by atoms with E-state index in [1.807, 2.05) is 0 Å². The fraction of sp³-hybridized carbons (Fsp3) is 0.400. The van der Waals surface area contributed by atoms with Gasteiger partial charge in [-0.3, -0.25) is 9.69 Å². The van der Waals surface area contributed by atoms with Crippen LogP contribution in [0.15, 0.2) is 24.3 Å². The average molecular weight is 323 g/mol. The topological polar surface area (TPSA) is 66.9 Å². The van der Waals surface area contributed by atoms with Crippen LogP contribution in [0.25, 0.3) is 0 Å². The van der Waals surface area contributed by atoms with Gasteiger partial charge in [0.15, 0.2) is 0 Å². The molecule has 2 saturated heterocycles. The standard InChI is InChI=1S/C15H15ClN2O4/c1-2-22-14(20)12-7-6-11-13(19)17(15(21)18(11)12)10-5-3-4-9(16)8-10/h3-5,8,11-12H,2,6-7H2,1H3/t11-,12+/m0/s1. The van der Waals surface area contributed by atoms with E-state index in [2.05, 4.69) is 0 Å². The SMILES string of the molecule is CCOC(=O)[C@H]1CC[C@H]2C(=O)N(c3cccc(Cl)c3)C(=O)N12. The Balaban J connectivity index is 1.90. The molecule has 0 radical (unpaired) electrons. The lowest BCUT2D eigenvalue weighted by molar-refractivity contribution is -0.147. The Bertz CT molecular complexity index is 648. The van der Waals surface area contributed by atoms with Crippen molar-refractivity contribution < 1.29 is 19.1 Å². The van der Waals surface area contributed by atoms with E-state index in [9.17, 15) is 14.4 Å². The van der Waals surface area contributed by atoms with Crippen molar-refractivity contribution in [3.63, 3.8) is 0 Å². The summed E-state index contributed by atoms with van der Waals surface area (Å²) in [6.45, 7) is 1.95. The van der Waals surface area contributed by atoms with Crippen molar-refractivity contribution in [2.75, 3.05) is 11.5 Å². The van der Waals surface area contributed by atoms with Gasteiger partial charge in [-0.05, 0) is 38.0 Å². The van der Waals surface area contributed by atoms with E-state index in [0.717, 1.165) is 4.90 Å². The molecule has 1 aromatic rings. The summed E-state index contributed by atoms with van der Waals surface area (Å²) in [7, 11) is 0. The summed E-state index contributed by atoms with van der Waals surface area (Å²) in [6.07, 6.45) is 0.912. The van der Waals surface area contributed by atoms with Crippen LogP contribution in [0.4, 0.5) is 10.5 Å². The predicted molar refractivity (Wildman–Crippen MR) is 79.6 cm³/mol. The second-order valence-corrected chi connectivity index (χ2v) is 5.64. The lowest BCUT2D eigenvalue weighted by Crippen LogP contribution is -2.43. The number of hydrogen-bond donors (Lipinski definition) is 0. The van der Waals surface area contributed by atoms with Crippen LogP contribution >= 0.6 is 11.6 Å². The highest BCUT2D eigenvalue weighted by Crippen LogP contribution is 2.36. The maximum absolute atomic E-state index is 12.6. The molecule has 1 aromatic carbocycles. The van der Waals surface area contributed by atoms with Gasteiger partial charge in [-0.15, -0.1) is 0 Å². The van der Waals surface area contributed by atoms with Crippen molar-refractivity contribution in [1.82, 2.24) is 4.90 Å². The van der Waals surface area contributed by atoms with E-state index >= 15 is 0 Å². The number of halogens is 1. The molecule has 2 atom stereocenters. The van der Waals surface area contributed by atoms with Crippen LogP contribution in [0.3, 0.4) is 0 Å². The molecule has 6 nitrogen and oxygen atoms in total. The zero-order valence-corrected chi connectivity index (χ0v) is 12.7. The van der Waals surface area contributed by atoms with Crippen molar-refractivity contribution in [3.8, 4) is 0 Å². The van der Waals surface area contributed by atoms with Crippen LogP contribution in [0, 0.1) is 0 Å². The highest BCUT2D eigenvalue weighted by atomic mass is 35.5. The summed E-state index contributed by atoms with van der Waals surface area (Å²) < 4.78 is 4.99. The van der Waals surface area contributed by atoms with E-state index in [1.165, 1.54) is 4.90 Å². The number of benzene rings is 1. The fourth-order valence-electron chi connectivity index (χ4n) is 3.00. The number of anilines is 1. The van der Waals surface area contributed by atoms with Gasteiger partial charge in [0.1, 0.15) is 12.1 Å². The molecule has 2 aliphatic rings. The molecular weight excluding hydrogens is 308 g/mol. The number of rotatable bonds is 3. The van der Waals surface area contributed by atoms with Crippen molar-refractivity contribution in [2.45, 2.75) is 31.8 Å². The van der Waals surface area contributed by atoms with Gasteiger partial charge in [-0.1, -0.05) is 17.7 Å². The number of esters is 1. The first-order chi connectivity index (χ1) is 10.5. The number of imide groups is 1. The molecule has 0 spiro atoms. The van der Waals surface area contributed by atoms with Gasteiger partial charge in [-0.2, -0.15) is 0 Å². The number of ether oxygens (including phenoxy) is 1. The lowest BCUT2D eigenvalue weighted by atomic mass is 10.1. The Kier molecular flexibility index (Phi) is 3.78. The number of fused-ring (bicyclic) bond motifs is 1. The number of hydrogen-bond acceptors (Lipinski definition) is 4. The van der Waals surface area contributed by atoms with Gasteiger partial charge >= 0.3 is 12.0 Å². The normalized spacial score (nSPS) is 23.9. The summed E-state index contributed by atoms with van der Waals surface area (Å²) in [5.41, 5.74) is 0.416. The van der Waals surface area contributed by atoms with Crippen LogP contribution in [0.2, 0.25) is 5.02 Å². The van der Waals surface area contributed by atoms with Gasteiger partial charge in [0.05, 0.1) is 12.3 Å². The third-order valence-corrected chi connectivity index (χ3v) is 4.16. The van der Waals surface area contributed by atoms with E-state index < -0.39 is 24.1 Å². The van der Waals surface area contributed by atoms with Crippen molar-refractivity contribution in [3.05, 3.63) is 29.3 Å². The van der Waals surface area contributed by atoms with Crippen molar-refractivity contribution in [1.29, 1.82) is 0 Å². The zero-order chi connectivity index (χ0) is 15.9. The van der Waals surface area contributed by atoms with Gasteiger partial charge in [-0.25, -0.2) is 14.5 Å². The molecule has 0 aromatic heterocycles. The molecule has 2 aliphatic heterocycles. The van der Waals surface area contributed by atoms with E-state index in [4.69, 9.17) is 16.3 Å². The minimum atomic E-state index is -0.689. The highest BCUT2D eigenvalue weighted by molar-refractivity contribution is 6.31. The summed E-state index contributed by atoms with van der Waals surface area (Å²) >= 11 is 5.92. The third kappa shape index (κ3) is 2.23. The van der Waals surface area contributed by atoms with Crippen LogP contribution < -0.4 is 4.90 Å². The Morgan fingerprint density at radius 3 is 2.82 bits per heavy atom. The molecule has 2 heterocycles. The number of carbonyl (C=O) groups is 3. The summed E-state index contributed by atoms with van der Waals surface area (Å²) in [5.74, 6) is -0.779. The van der Waals surface area contributed by atoms with Crippen LogP contribution in [-0.2, 0) is 14.3 Å². The molecule has 7 heteroatoms. The van der Waals surface area contributed by atoms with Gasteiger partial charge in [0.2, 0.25) is 0 Å². The Morgan fingerprint density at radius 2 is 2.14 bits per heavy atom. The zero-order valence-electron chi connectivity index (χ0n) is 12.0. The van der Waals surface area contributed by atoms with Gasteiger partial charge in [0, 0.05) is 5.02 Å². The summed E-state index contributed by atoms with van der Waals surface area (Å²) in [4.78, 5) is 39.5.